The molecule has 9 unspecified atom stereocenters. The van der Waals surface area contributed by atoms with Crippen molar-refractivity contribution in [2.24, 2.45) is 11.8 Å². The molecule has 0 spiro atoms. The second-order valence-electron chi connectivity index (χ2n) is 12.4. The summed E-state index contributed by atoms with van der Waals surface area (Å²) in [7, 11) is 1.53. The molecule has 3 aliphatic heterocycles. The van der Waals surface area contributed by atoms with Crippen LogP contribution in [-0.2, 0) is 23.7 Å². The quantitative estimate of drug-likeness (QED) is 0.124. The van der Waals surface area contributed by atoms with Crippen LogP contribution in [0.4, 0.5) is 0 Å². The van der Waals surface area contributed by atoms with Gasteiger partial charge in [0.05, 0.1) is 43.5 Å². The number of methoxy groups -OCH3 is 1. The standard InChI is InChI=1S/C27H46O15/c1-37-17-4-10(2-3-13(17)30)24-18(7-12-14(31)5-11(29)6-16(12)39-24)40-27-25(22(35)21(34)19(8-28)41-27)42-26-23(36)20(33)15(32)9-38-26/h10-36H,2-9H2,1H3/p+1/t10?,11?,12?,13?,14?,15-,16?,17?,18?,19-,20+,21-,22+,23-,24?,25-,26+,27-/m1/s1. The topological polar surface area (TPSA) is 241 Å². The Hall–Kier alpha value is -0.600. The molecule has 0 amide bonds. The van der Waals surface area contributed by atoms with Crippen molar-refractivity contribution < 1.29 is 74.4 Å². The SMILES string of the molecule is COC1CC(C2[OH+]C3CC(O)CC(O)C3CC2O[C@@H]2O[C@H](CO)[C@@H](O)[C@H](O)[C@H]2O[C@@H]2OC[C@@H](O)[C@H](O)[C@H]2O)CCC1O. The molecule has 0 bridgehead atoms. The molecule has 0 aromatic heterocycles. The van der Waals surface area contributed by atoms with Gasteiger partial charge in [-0.3, -0.25) is 0 Å². The van der Waals surface area contributed by atoms with Crippen molar-refractivity contribution in [2.45, 2.75) is 137 Å². The van der Waals surface area contributed by atoms with Crippen molar-refractivity contribution in [3.63, 3.8) is 0 Å². The van der Waals surface area contributed by atoms with Crippen LogP contribution in [0.15, 0.2) is 0 Å². The second kappa shape index (κ2) is 13.8. The Morgan fingerprint density at radius 3 is 2.21 bits per heavy atom. The van der Waals surface area contributed by atoms with E-state index in [-0.39, 0.29) is 31.0 Å². The van der Waals surface area contributed by atoms with Crippen LogP contribution in [-0.4, -0.2) is 169 Å². The summed E-state index contributed by atoms with van der Waals surface area (Å²) in [6.45, 7) is -1.00. The molecule has 0 radical (unpaired) electrons. The Bertz CT molecular complexity index is 867. The van der Waals surface area contributed by atoms with E-state index in [1.165, 1.54) is 7.11 Å². The molecule has 2 saturated carbocycles. The summed E-state index contributed by atoms with van der Waals surface area (Å²) in [5.41, 5.74) is 0. The Morgan fingerprint density at radius 2 is 1.50 bits per heavy atom. The van der Waals surface area contributed by atoms with Crippen LogP contribution in [0, 0.1) is 11.8 Å². The second-order valence-corrected chi connectivity index (χ2v) is 12.4. The number of fused-ring (bicyclic) bond motifs is 1. The van der Waals surface area contributed by atoms with Gasteiger partial charge in [-0.15, -0.1) is 0 Å². The van der Waals surface area contributed by atoms with E-state index in [1.54, 1.807) is 0 Å². The minimum Gasteiger partial charge on any atom is -0.427 e. The zero-order valence-electron chi connectivity index (χ0n) is 23.6. The first kappa shape index (κ1) is 32.8. The Morgan fingerprint density at radius 1 is 0.738 bits per heavy atom. The lowest BCUT2D eigenvalue weighted by molar-refractivity contribution is -0.381. The minimum absolute atomic E-state index is 0.0900. The highest BCUT2D eigenvalue weighted by Crippen LogP contribution is 2.42. The molecule has 15 nitrogen and oxygen atoms in total. The molecule has 3 saturated heterocycles. The molecule has 0 aromatic rings. The number of hydrogen-bond acceptors (Lipinski definition) is 14. The van der Waals surface area contributed by atoms with Crippen LogP contribution in [0.25, 0.3) is 0 Å². The Balaban J connectivity index is 1.40. The van der Waals surface area contributed by atoms with Crippen LogP contribution in [0.5, 0.6) is 0 Å². The zero-order chi connectivity index (χ0) is 30.3. The van der Waals surface area contributed by atoms with Crippen LogP contribution in [0.3, 0.4) is 0 Å². The largest absolute Gasteiger partial charge is 0.427 e. The van der Waals surface area contributed by atoms with Gasteiger partial charge in [0, 0.05) is 25.9 Å². The number of rotatable bonds is 7. The molecular formula is C27H47O15+. The molecule has 10 N–H and O–H groups in total. The van der Waals surface area contributed by atoms with E-state index in [4.69, 9.17) is 28.4 Å². The third kappa shape index (κ3) is 6.66. The highest BCUT2D eigenvalue weighted by Gasteiger charge is 2.56. The first-order chi connectivity index (χ1) is 20.0. The lowest BCUT2D eigenvalue weighted by Gasteiger charge is -2.49. The van der Waals surface area contributed by atoms with Crippen LogP contribution >= 0.6 is 0 Å². The molecule has 2 aliphatic carbocycles. The molecule has 3 heterocycles. The van der Waals surface area contributed by atoms with Crippen molar-refractivity contribution in [1.29, 1.82) is 0 Å². The molecule has 5 aliphatic rings. The summed E-state index contributed by atoms with van der Waals surface area (Å²) in [5, 5.41) is 93.4. The van der Waals surface area contributed by atoms with E-state index < -0.39 is 98.5 Å². The Kier molecular flexibility index (Phi) is 10.8. The summed E-state index contributed by atoms with van der Waals surface area (Å²) in [6.07, 6.45) is -15.0. The van der Waals surface area contributed by atoms with Crippen LogP contribution in [0.2, 0.25) is 0 Å². The molecule has 42 heavy (non-hydrogen) atoms. The van der Waals surface area contributed by atoms with Gasteiger partial charge in [0.2, 0.25) is 0 Å². The zero-order valence-corrected chi connectivity index (χ0v) is 23.6. The fourth-order valence-electron chi connectivity index (χ4n) is 7.28. The van der Waals surface area contributed by atoms with Crippen LogP contribution in [0.1, 0.15) is 38.5 Å². The average molecular weight is 612 g/mol. The normalized spacial score (nSPS) is 53.9. The maximum absolute atomic E-state index is 11.0. The van der Waals surface area contributed by atoms with Crippen molar-refractivity contribution in [3.05, 3.63) is 0 Å². The minimum atomic E-state index is -1.68. The van der Waals surface area contributed by atoms with Gasteiger partial charge < -0.3 is 74.4 Å². The van der Waals surface area contributed by atoms with Gasteiger partial charge in [-0.25, -0.2) is 0 Å². The fraction of sp³-hybridized carbons (Fsp3) is 1.00. The molecular weight excluding hydrogens is 564 g/mol. The third-order valence-electron chi connectivity index (χ3n) is 9.73. The maximum atomic E-state index is 11.0. The lowest BCUT2D eigenvalue weighted by Crippen LogP contribution is -2.65. The number of aliphatic hydroxyl groups excluding tert-OH is 9. The van der Waals surface area contributed by atoms with E-state index in [0.717, 1.165) is 0 Å². The summed E-state index contributed by atoms with van der Waals surface area (Å²) in [5.74, 6) is -0.415. The monoisotopic (exact) mass is 611 g/mol. The van der Waals surface area contributed by atoms with Gasteiger partial charge in [0.1, 0.15) is 48.8 Å². The van der Waals surface area contributed by atoms with Gasteiger partial charge in [-0.2, -0.15) is 0 Å². The van der Waals surface area contributed by atoms with Crippen molar-refractivity contribution in [3.8, 4) is 0 Å². The summed E-state index contributed by atoms with van der Waals surface area (Å²) in [6, 6.07) is 0. The third-order valence-corrected chi connectivity index (χ3v) is 9.73. The van der Waals surface area contributed by atoms with E-state index in [1.807, 2.05) is 0 Å². The highest BCUT2D eigenvalue weighted by atomic mass is 16.8. The molecule has 0 aromatic carbocycles. The highest BCUT2D eigenvalue weighted by molar-refractivity contribution is 4.99. The maximum Gasteiger partial charge on any atom is 0.187 e. The predicted molar refractivity (Wildman–Crippen MR) is 139 cm³/mol. The Labute approximate surface area is 243 Å². The van der Waals surface area contributed by atoms with Gasteiger partial charge in [0.25, 0.3) is 0 Å². The van der Waals surface area contributed by atoms with Gasteiger partial charge in [-0.05, 0) is 25.7 Å². The molecule has 244 valence electrons. The summed E-state index contributed by atoms with van der Waals surface area (Å²) >= 11 is 0. The smallest absolute Gasteiger partial charge is 0.187 e. The molecule has 18 atom stereocenters. The van der Waals surface area contributed by atoms with Crippen molar-refractivity contribution in [1.82, 2.24) is 0 Å². The fourth-order valence-corrected chi connectivity index (χ4v) is 7.28. The van der Waals surface area contributed by atoms with Gasteiger partial charge >= 0.3 is 0 Å². The predicted octanol–water partition coefficient (Wildman–Crippen LogP) is -4.39. The molecule has 5 fully saturated rings. The van der Waals surface area contributed by atoms with E-state index in [9.17, 15) is 46.0 Å². The van der Waals surface area contributed by atoms with E-state index in [2.05, 4.69) is 0 Å². The van der Waals surface area contributed by atoms with Crippen LogP contribution < -0.4 is 0 Å². The van der Waals surface area contributed by atoms with E-state index >= 15 is 0 Å². The van der Waals surface area contributed by atoms with Gasteiger partial charge in [0.15, 0.2) is 24.8 Å². The number of hydrogen-bond donors (Lipinski definition) is 9. The molecule has 15 heteroatoms. The summed E-state index contributed by atoms with van der Waals surface area (Å²) in [4.78, 5) is 0. The first-order valence-corrected chi connectivity index (χ1v) is 14.9. The average Bonchev–Trinajstić information content (AvgIpc) is 2.97. The summed E-state index contributed by atoms with van der Waals surface area (Å²) < 4.78 is 34.0. The number of aliphatic hydroxyl groups is 11. The lowest BCUT2D eigenvalue weighted by atomic mass is 9.72. The first-order valence-electron chi connectivity index (χ1n) is 14.9. The molecule has 5 rings (SSSR count). The number of ether oxygens (including phenoxy) is 6. The van der Waals surface area contributed by atoms with E-state index in [0.29, 0.717) is 32.1 Å². The van der Waals surface area contributed by atoms with Crippen molar-refractivity contribution >= 4 is 0 Å². The van der Waals surface area contributed by atoms with Crippen molar-refractivity contribution in [2.75, 3.05) is 20.3 Å². The van der Waals surface area contributed by atoms with Gasteiger partial charge in [-0.1, -0.05) is 0 Å².